The van der Waals surface area contributed by atoms with Gasteiger partial charge in [0.2, 0.25) is 0 Å². The van der Waals surface area contributed by atoms with Gasteiger partial charge in [-0.2, -0.15) is 0 Å². The molecule has 0 bridgehead atoms. The molecule has 4 nitrogen and oxygen atoms in total. The number of carbonyl (C=O) groups is 1. The molecule has 1 aromatic carbocycles. The summed E-state index contributed by atoms with van der Waals surface area (Å²) >= 11 is 0. The van der Waals surface area contributed by atoms with Gasteiger partial charge in [-0.05, 0) is 6.92 Å². The zero-order chi connectivity index (χ0) is 11.0. The van der Waals surface area contributed by atoms with Crippen LogP contribution in [0.25, 0.3) is 0 Å². The van der Waals surface area contributed by atoms with Crippen molar-refractivity contribution in [3.05, 3.63) is 17.2 Å². The Morgan fingerprint density at radius 2 is 2.33 bits per heavy atom. The Kier molecular flexibility index (Phi) is 2.26. The van der Waals surface area contributed by atoms with Gasteiger partial charge in [0.25, 0.3) is 0 Å². The number of carbonyl (C=O) groups excluding carboxylic acids is 1. The average Bonchev–Trinajstić information content (AvgIpc) is 2.63. The summed E-state index contributed by atoms with van der Waals surface area (Å²) in [6, 6.07) is 1.46. The summed E-state index contributed by atoms with van der Waals surface area (Å²) in [4.78, 5) is 11.3. The topological polar surface area (TPSA) is 55.8 Å². The Balaban J connectivity index is 2.68. The summed E-state index contributed by atoms with van der Waals surface area (Å²) in [5, 5.41) is 9.68. The summed E-state index contributed by atoms with van der Waals surface area (Å²) in [6.45, 7) is 1.93. The van der Waals surface area contributed by atoms with Gasteiger partial charge in [0.1, 0.15) is 22.8 Å². The molecule has 1 aromatic rings. The van der Waals surface area contributed by atoms with Crippen molar-refractivity contribution >= 4 is 5.78 Å². The Morgan fingerprint density at radius 3 is 2.93 bits per heavy atom. The molecule has 0 aromatic heterocycles. The molecule has 4 heteroatoms. The van der Waals surface area contributed by atoms with Gasteiger partial charge in [0.15, 0.2) is 5.78 Å². The molecule has 1 heterocycles. The summed E-state index contributed by atoms with van der Waals surface area (Å²) in [7, 11) is 1.53. The number of phenolic OH excluding ortho intramolecular Hbond substituents is 1. The standard InChI is InChI=1S/C11H12O4/c1-6(12)10-8(13)5-9(14-2)7-3-4-15-11(7)10/h5,13H,3-4H2,1-2H3. The van der Waals surface area contributed by atoms with Gasteiger partial charge in [0, 0.05) is 18.1 Å². The quantitative estimate of drug-likeness (QED) is 0.749. The normalized spacial score (nSPS) is 13.2. The zero-order valence-electron chi connectivity index (χ0n) is 8.66. The van der Waals surface area contributed by atoms with E-state index in [0.717, 1.165) is 5.56 Å². The lowest BCUT2D eigenvalue weighted by molar-refractivity contribution is 0.101. The van der Waals surface area contributed by atoms with Crippen molar-refractivity contribution in [3.63, 3.8) is 0 Å². The number of methoxy groups -OCH3 is 1. The molecule has 1 aliphatic heterocycles. The molecule has 0 aliphatic carbocycles. The van der Waals surface area contributed by atoms with Gasteiger partial charge < -0.3 is 14.6 Å². The number of hydrogen-bond acceptors (Lipinski definition) is 4. The van der Waals surface area contributed by atoms with Crippen molar-refractivity contribution in [1.29, 1.82) is 0 Å². The third-order valence-electron chi connectivity index (χ3n) is 2.49. The van der Waals surface area contributed by atoms with Crippen molar-refractivity contribution < 1.29 is 19.4 Å². The van der Waals surface area contributed by atoms with Crippen molar-refractivity contribution in [2.75, 3.05) is 13.7 Å². The molecule has 0 saturated carbocycles. The summed E-state index contributed by atoms with van der Waals surface area (Å²) in [5.41, 5.74) is 1.11. The molecule has 80 valence electrons. The molecular formula is C11H12O4. The SMILES string of the molecule is COc1cc(O)c(C(C)=O)c2c1CCO2. The van der Waals surface area contributed by atoms with E-state index in [0.29, 0.717) is 24.5 Å². The van der Waals surface area contributed by atoms with Gasteiger partial charge in [-0.1, -0.05) is 0 Å². The molecule has 0 unspecified atom stereocenters. The minimum absolute atomic E-state index is 0.0833. The Morgan fingerprint density at radius 1 is 1.60 bits per heavy atom. The molecule has 0 atom stereocenters. The lowest BCUT2D eigenvalue weighted by atomic mass is 10.0. The van der Waals surface area contributed by atoms with E-state index < -0.39 is 0 Å². The Hall–Kier alpha value is -1.71. The van der Waals surface area contributed by atoms with Crippen LogP contribution < -0.4 is 9.47 Å². The van der Waals surface area contributed by atoms with E-state index in [2.05, 4.69) is 0 Å². The minimum atomic E-state index is -0.201. The van der Waals surface area contributed by atoms with Crippen LogP contribution in [0.3, 0.4) is 0 Å². The highest BCUT2D eigenvalue weighted by Gasteiger charge is 2.26. The fourth-order valence-corrected chi connectivity index (χ4v) is 1.84. The first-order chi connectivity index (χ1) is 7.15. The number of ketones is 1. The van der Waals surface area contributed by atoms with E-state index in [1.807, 2.05) is 0 Å². The maximum absolute atomic E-state index is 11.3. The maximum atomic E-state index is 11.3. The van der Waals surface area contributed by atoms with E-state index in [9.17, 15) is 9.90 Å². The largest absolute Gasteiger partial charge is 0.507 e. The number of Topliss-reactive ketones (excluding diaryl/α,β-unsaturated/α-hetero) is 1. The van der Waals surface area contributed by atoms with Gasteiger partial charge in [0.05, 0.1) is 13.7 Å². The lowest BCUT2D eigenvalue weighted by Gasteiger charge is -2.11. The zero-order valence-corrected chi connectivity index (χ0v) is 8.66. The fourth-order valence-electron chi connectivity index (χ4n) is 1.84. The second-order valence-electron chi connectivity index (χ2n) is 3.44. The molecular weight excluding hydrogens is 196 g/mol. The molecule has 0 amide bonds. The monoisotopic (exact) mass is 208 g/mol. The highest BCUT2D eigenvalue weighted by Crippen LogP contribution is 2.41. The molecule has 1 N–H and O–H groups in total. The van der Waals surface area contributed by atoms with Crippen LogP contribution in [0.5, 0.6) is 17.2 Å². The van der Waals surface area contributed by atoms with Gasteiger partial charge >= 0.3 is 0 Å². The van der Waals surface area contributed by atoms with Crippen molar-refractivity contribution in [1.82, 2.24) is 0 Å². The van der Waals surface area contributed by atoms with Crippen LogP contribution in [0.4, 0.5) is 0 Å². The van der Waals surface area contributed by atoms with E-state index in [4.69, 9.17) is 9.47 Å². The van der Waals surface area contributed by atoms with Crippen LogP contribution in [0.2, 0.25) is 0 Å². The van der Waals surface area contributed by atoms with Crippen LogP contribution in [0.15, 0.2) is 6.07 Å². The number of benzene rings is 1. The molecule has 0 radical (unpaired) electrons. The smallest absolute Gasteiger partial charge is 0.167 e. The summed E-state index contributed by atoms with van der Waals surface area (Å²) in [6.07, 6.45) is 0.707. The van der Waals surface area contributed by atoms with E-state index in [-0.39, 0.29) is 17.1 Å². The third-order valence-corrected chi connectivity index (χ3v) is 2.49. The number of rotatable bonds is 2. The first-order valence-electron chi connectivity index (χ1n) is 4.71. The van der Waals surface area contributed by atoms with Crippen LogP contribution in [0, 0.1) is 0 Å². The maximum Gasteiger partial charge on any atom is 0.167 e. The molecule has 0 spiro atoms. The fraction of sp³-hybridized carbons (Fsp3) is 0.364. The number of aromatic hydroxyl groups is 1. The van der Waals surface area contributed by atoms with E-state index in [1.165, 1.54) is 20.1 Å². The molecule has 0 saturated heterocycles. The third kappa shape index (κ3) is 1.42. The average molecular weight is 208 g/mol. The second kappa shape index (κ2) is 3.46. The van der Waals surface area contributed by atoms with Gasteiger partial charge in [-0.15, -0.1) is 0 Å². The van der Waals surface area contributed by atoms with Crippen LogP contribution >= 0.6 is 0 Å². The Bertz CT molecular complexity index is 423. The predicted molar refractivity (Wildman–Crippen MR) is 53.9 cm³/mol. The van der Waals surface area contributed by atoms with Crippen LogP contribution in [0.1, 0.15) is 22.8 Å². The molecule has 2 rings (SSSR count). The molecule has 0 fully saturated rings. The molecule has 1 aliphatic rings. The predicted octanol–water partition coefficient (Wildman–Crippen LogP) is 1.54. The lowest BCUT2D eigenvalue weighted by Crippen LogP contribution is -1.99. The van der Waals surface area contributed by atoms with Crippen molar-refractivity contribution in [2.24, 2.45) is 0 Å². The number of phenols is 1. The molecule has 15 heavy (non-hydrogen) atoms. The second-order valence-corrected chi connectivity index (χ2v) is 3.44. The van der Waals surface area contributed by atoms with Crippen molar-refractivity contribution in [3.8, 4) is 17.2 Å². The van der Waals surface area contributed by atoms with Gasteiger partial charge in [-0.3, -0.25) is 4.79 Å². The summed E-state index contributed by atoms with van der Waals surface area (Å²) < 4.78 is 10.5. The minimum Gasteiger partial charge on any atom is -0.507 e. The number of fused-ring (bicyclic) bond motifs is 1. The van der Waals surface area contributed by atoms with Crippen LogP contribution in [-0.4, -0.2) is 24.6 Å². The highest BCUT2D eigenvalue weighted by molar-refractivity contribution is 6.00. The summed E-state index contributed by atoms with van der Waals surface area (Å²) in [5.74, 6) is 0.762. The first-order valence-corrected chi connectivity index (χ1v) is 4.71. The number of ether oxygens (including phenoxy) is 2. The first kappa shape index (κ1) is 9.83. The Labute approximate surface area is 87.4 Å². The number of hydrogen-bond donors (Lipinski definition) is 1. The van der Waals surface area contributed by atoms with E-state index in [1.54, 1.807) is 0 Å². The van der Waals surface area contributed by atoms with Crippen LogP contribution in [-0.2, 0) is 6.42 Å². The van der Waals surface area contributed by atoms with E-state index >= 15 is 0 Å². The highest BCUT2D eigenvalue weighted by atomic mass is 16.5. The van der Waals surface area contributed by atoms with Crippen molar-refractivity contribution in [2.45, 2.75) is 13.3 Å². The van der Waals surface area contributed by atoms with Gasteiger partial charge in [-0.25, -0.2) is 0 Å².